The van der Waals surface area contributed by atoms with Gasteiger partial charge in [0.1, 0.15) is 11.8 Å². The van der Waals surface area contributed by atoms with Crippen LogP contribution in [-0.2, 0) is 11.2 Å². The van der Waals surface area contributed by atoms with E-state index in [1.807, 2.05) is 49.4 Å². The third kappa shape index (κ3) is 3.96. The molecule has 0 fully saturated rings. The predicted octanol–water partition coefficient (Wildman–Crippen LogP) is 2.42. The highest BCUT2D eigenvalue weighted by Gasteiger charge is 2.17. The molecule has 0 spiro atoms. The van der Waals surface area contributed by atoms with Crippen LogP contribution < -0.4 is 11.1 Å². The molecule has 1 aromatic heterocycles. The lowest BCUT2D eigenvalue weighted by Crippen LogP contribution is -2.39. The van der Waals surface area contributed by atoms with Crippen molar-refractivity contribution in [2.75, 3.05) is 0 Å². The number of nitrogens with one attached hydrogen (secondary N) is 1. The number of hydrogen-bond acceptors (Lipinski definition) is 3. The van der Waals surface area contributed by atoms with E-state index in [2.05, 4.69) is 5.32 Å². The summed E-state index contributed by atoms with van der Waals surface area (Å²) in [4.78, 5) is 12.1. The normalized spacial score (nSPS) is 13.7. The SMILES string of the molecule is CC(CCc1ccco1)NC(=O)[C@H](N)c1ccccc1. The first-order valence-electron chi connectivity index (χ1n) is 6.80. The summed E-state index contributed by atoms with van der Waals surface area (Å²) in [5.74, 6) is 0.779. The van der Waals surface area contributed by atoms with Crippen molar-refractivity contribution < 1.29 is 9.21 Å². The van der Waals surface area contributed by atoms with Crippen molar-refractivity contribution in [1.29, 1.82) is 0 Å². The summed E-state index contributed by atoms with van der Waals surface area (Å²) in [5, 5.41) is 2.93. The molecule has 0 saturated heterocycles. The molecular weight excluding hydrogens is 252 g/mol. The lowest BCUT2D eigenvalue weighted by atomic mass is 10.1. The van der Waals surface area contributed by atoms with Crippen LogP contribution in [0.15, 0.2) is 53.1 Å². The monoisotopic (exact) mass is 272 g/mol. The number of carbonyl (C=O) groups is 1. The van der Waals surface area contributed by atoms with E-state index in [9.17, 15) is 4.79 Å². The van der Waals surface area contributed by atoms with Crippen LogP contribution in [0.25, 0.3) is 0 Å². The molecule has 0 radical (unpaired) electrons. The van der Waals surface area contributed by atoms with Gasteiger partial charge in [-0.15, -0.1) is 0 Å². The second kappa shape index (κ2) is 6.91. The van der Waals surface area contributed by atoms with Gasteiger partial charge in [0.15, 0.2) is 0 Å². The summed E-state index contributed by atoms with van der Waals surface area (Å²) in [5.41, 5.74) is 6.77. The fourth-order valence-electron chi connectivity index (χ4n) is 2.03. The Bertz CT molecular complexity index is 523. The maximum atomic E-state index is 12.1. The zero-order chi connectivity index (χ0) is 14.4. The van der Waals surface area contributed by atoms with E-state index in [0.29, 0.717) is 0 Å². The molecule has 2 atom stereocenters. The highest BCUT2D eigenvalue weighted by Crippen LogP contribution is 2.11. The van der Waals surface area contributed by atoms with Gasteiger partial charge in [0.2, 0.25) is 5.91 Å². The molecule has 4 nitrogen and oxygen atoms in total. The first-order chi connectivity index (χ1) is 9.66. The number of nitrogens with two attached hydrogens (primary N) is 1. The first kappa shape index (κ1) is 14.3. The van der Waals surface area contributed by atoms with Crippen molar-refractivity contribution in [3.8, 4) is 0 Å². The van der Waals surface area contributed by atoms with Crippen LogP contribution in [0.4, 0.5) is 0 Å². The molecule has 20 heavy (non-hydrogen) atoms. The number of benzene rings is 1. The number of rotatable bonds is 6. The summed E-state index contributed by atoms with van der Waals surface area (Å²) in [6.07, 6.45) is 3.28. The first-order valence-corrected chi connectivity index (χ1v) is 6.80. The van der Waals surface area contributed by atoms with Gasteiger partial charge in [-0.3, -0.25) is 4.79 Å². The number of hydrogen-bond donors (Lipinski definition) is 2. The summed E-state index contributed by atoms with van der Waals surface area (Å²) in [6, 6.07) is 12.6. The van der Waals surface area contributed by atoms with Gasteiger partial charge < -0.3 is 15.5 Å². The van der Waals surface area contributed by atoms with Crippen LogP contribution >= 0.6 is 0 Å². The van der Waals surface area contributed by atoms with Gasteiger partial charge in [0, 0.05) is 12.5 Å². The molecule has 0 aliphatic carbocycles. The molecule has 1 aromatic carbocycles. The summed E-state index contributed by atoms with van der Waals surface area (Å²) in [6.45, 7) is 1.97. The van der Waals surface area contributed by atoms with Crippen molar-refractivity contribution in [3.05, 3.63) is 60.1 Å². The molecule has 106 valence electrons. The topological polar surface area (TPSA) is 68.3 Å². The molecule has 0 aliphatic rings. The molecule has 1 heterocycles. The van der Waals surface area contributed by atoms with E-state index in [1.54, 1.807) is 6.26 Å². The zero-order valence-electron chi connectivity index (χ0n) is 11.6. The molecule has 0 bridgehead atoms. The van der Waals surface area contributed by atoms with Crippen LogP contribution in [0, 0.1) is 0 Å². The number of furan rings is 1. The lowest BCUT2D eigenvalue weighted by molar-refractivity contribution is -0.123. The van der Waals surface area contributed by atoms with Crippen molar-refractivity contribution in [3.63, 3.8) is 0 Å². The summed E-state index contributed by atoms with van der Waals surface area (Å²) in [7, 11) is 0. The molecule has 2 rings (SSSR count). The average Bonchev–Trinajstić information content (AvgIpc) is 2.98. The maximum Gasteiger partial charge on any atom is 0.241 e. The number of amides is 1. The smallest absolute Gasteiger partial charge is 0.241 e. The van der Waals surface area contributed by atoms with Gasteiger partial charge in [-0.05, 0) is 31.0 Å². The van der Waals surface area contributed by atoms with Crippen molar-refractivity contribution in [2.24, 2.45) is 5.73 Å². The zero-order valence-corrected chi connectivity index (χ0v) is 11.6. The summed E-state index contributed by atoms with van der Waals surface area (Å²) >= 11 is 0. The van der Waals surface area contributed by atoms with E-state index in [0.717, 1.165) is 24.2 Å². The Hall–Kier alpha value is -2.07. The minimum atomic E-state index is -0.623. The van der Waals surface area contributed by atoms with E-state index >= 15 is 0 Å². The molecule has 0 aliphatic heterocycles. The Kier molecular flexibility index (Phi) is 4.96. The number of carbonyl (C=O) groups excluding carboxylic acids is 1. The molecule has 2 aromatic rings. The van der Waals surface area contributed by atoms with E-state index < -0.39 is 6.04 Å². The minimum absolute atomic E-state index is 0.0577. The fraction of sp³-hybridized carbons (Fsp3) is 0.312. The average molecular weight is 272 g/mol. The Morgan fingerprint density at radius 2 is 2.00 bits per heavy atom. The Morgan fingerprint density at radius 1 is 1.25 bits per heavy atom. The fourth-order valence-corrected chi connectivity index (χ4v) is 2.03. The standard InChI is InChI=1S/C16H20N2O2/c1-12(9-10-14-8-5-11-20-14)18-16(19)15(17)13-6-3-2-4-7-13/h2-8,11-12,15H,9-10,17H2,1H3,(H,18,19)/t12?,15-/m1/s1. The highest BCUT2D eigenvalue weighted by atomic mass is 16.3. The second-order valence-electron chi connectivity index (χ2n) is 4.92. The molecule has 1 amide bonds. The Balaban J connectivity index is 1.81. The maximum absolute atomic E-state index is 12.1. The van der Waals surface area contributed by atoms with Crippen LogP contribution in [-0.4, -0.2) is 11.9 Å². The second-order valence-corrected chi connectivity index (χ2v) is 4.92. The quantitative estimate of drug-likeness (QED) is 0.848. The van der Waals surface area contributed by atoms with Crippen molar-refractivity contribution >= 4 is 5.91 Å². The van der Waals surface area contributed by atoms with Gasteiger partial charge in [0.25, 0.3) is 0 Å². The van der Waals surface area contributed by atoms with Crippen LogP contribution in [0.5, 0.6) is 0 Å². The van der Waals surface area contributed by atoms with Crippen LogP contribution in [0.2, 0.25) is 0 Å². The number of aryl methyl sites for hydroxylation is 1. The lowest BCUT2D eigenvalue weighted by Gasteiger charge is -2.17. The predicted molar refractivity (Wildman–Crippen MR) is 78.0 cm³/mol. The van der Waals surface area contributed by atoms with Gasteiger partial charge in [0.05, 0.1) is 6.26 Å². The van der Waals surface area contributed by atoms with E-state index in [1.165, 1.54) is 0 Å². The van der Waals surface area contributed by atoms with Crippen LogP contribution in [0.1, 0.15) is 30.7 Å². The third-order valence-electron chi connectivity index (χ3n) is 3.23. The van der Waals surface area contributed by atoms with Gasteiger partial charge >= 0.3 is 0 Å². The van der Waals surface area contributed by atoms with Crippen molar-refractivity contribution in [2.45, 2.75) is 31.8 Å². The van der Waals surface area contributed by atoms with E-state index in [-0.39, 0.29) is 11.9 Å². The van der Waals surface area contributed by atoms with Crippen molar-refractivity contribution in [1.82, 2.24) is 5.32 Å². The Morgan fingerprint density at radius 3 is 2.65 bits per heavy atom. The Labute approximate surface area is 119 Å². The molecule has 0 saturated carbocycles. The van der Waals surface area contributed by atoms with E-state index in [4.69, 9.17) is 10.2 Å². The molecule has 4 heteroatoms. The summed E-state index contributed by atoms with van der Waals surface area (Å²) < 4.78 is 5.27. The molecule has 1 unspecified atom stereocenters. The van der Waals surface area contributed by atoms with Gasteiger partial charge in [-0.1, -0.05) is 30.3 Å². The minimum Gasteiger partial charge on any atom is -0.469 e. The largest absolute Gasteiger partial charge is 0.469 e. The molecular formula is C16H20N2O2. The van der Waals surface area contributed by atoms with Gasteiger partial charge in [-0.25, -0.2) is 0 Å². The molecule has 3 N–H and O–H groups in total. The third-order valence-corrected chi connectivity index (χ3v) is 3.23. The highest BCUT2D eigenvalue weighted by molar-refractivity contribution is 5.83. The van der Waals surface area contributed by atoms with Gasteiger partial charge in [-0.2, -0.15) is 0 Å². The van der Waals surface area contributed by atoms with Crippen LogP contribution in [0.3, 0.4) is 0 Å².